The maximum Gasteiger partial charge on any atom is 0.342 e. The van der Waals surface area contributed by atoms with Crippen molar-refractivity contribution in [2.45, 2.75) is 23.2 Å². The number of hydrogen-bond donors (Lipinski definition) is 1. The Labute approximate surface area is 139 Å². The Bertz CT molecular complexity index is 922. The minimum absolute atomic E-state index is 0.0182. The number of nitrogens with zero attached hydrogens (tertiary/aromatic N) is 2. The number of aromatic carboxylic acids is 1. The van der Waals surface area contributed by atoms with E-state index in [2.05, 4.69) is 0 Å². The Kier molecular flexibility index (Phi) is 3.52. The van der Waals surface area contributed by atoms with Crippen LogP contribution < -0.4 is 10.3 Å². The minimum Gasteiger partial charge on any atom is -0.477 e. The van der Waals surface area contributed by atoms with Gasteiger partial charge in [-0.3, -0.25) is 4.79 Å². The number of benzene rings is 1. The van der Waals surface area contributed by atoms with Crippen LogP contribution in [0.1, 0.15) is 28.6 Å². The Morgan fingerprint density at radius 3 is 2.67 bits per heavy atom. The van der Waals surface area contributed by atoms with Crippen molar-refractivity contribution in [3.8, 4) is 0 Å². The Balaban J connectivity index is 2.03. The number of pyridine rings is 1. The van der Waals surface area contributed by atoms with Crippen LogP contribution in [-0.2, 0) is 0 Å². The van der Waals surface area contributed by atoms with Crippen molar-refractivity contribution in [3.05, 3.63) is 33.7 Å². The average Bonchev–Trinajstić information content (AvgIpc) is 3.04. The van der Waals surface area contributed by atoms with Crippen LogP contribution >= 0.6 is 11.8 Å². The van der Waals surface area contributed by atoms with Gasteiger partial charge in [-0.2, -0.15) is 0 Å². The second kappa shape index (κ2) is 5.47. The van der Waals surface area contributed by atoms with Crippen LogP contribution in [0.2, 0.25) is 0 Å². The van der Waals surface area contributed by atoms with Gasteiger partial charge in [-0.1, -0.05) is 11.8 Å². The molecule has 1 saturated heterocycles. The highest BCUT2D eigenvalue weighted by Gasteiger charge is 2.35. The summed E-state index contributed by atoms with van der Waals surface area (Å²) in [5, 5.41) is 8.93. The van der Waals surface area contributed by atoms with Gasteiger partial charge < -0.3 is 14.6 Å². The molecule has 8 heteroatoms. The molecule has 0 spiro atoms. The molecule has 0 amide bonds. The molecule has 1 aromatic heterocycles. The second-order valence-corrected chi connectivity index (χ2v) is 7.09. The fourth-order valence-electron chi connectivity index (χ4n) is 3.42. The number of alkyl halides is 1. The highest BCUT2D eigenvalue weighted by atomic mass is 32.2. The van der Waals surface area contributed by atoms with Crippen LogP contribution in [0.15, 0.2) is 22.0 Å². The maximum atomic E-state index is 14.5. The molecule has 0 aliphatic carbocycles. The van der Waals surface area contributed by atoms with Gasteiger partial charge in [0, 0.05) is 18.5 Å². The lowest BCUT2D eigenvalue weighted by Gasteiger charge is -2.33. The first-order chi connectivity index (χ1) is 11.5. The van der Waals surface area contributed by atoms with E-state index in [1.807, 2.05) is 4.90 Å². The average molecular weight is 352 g/mol. The van der Waals surface area contributed by atoms with Crippen LogP contribution in [0.5, 0.6) is 0 Å². The summed E-state index contributed by atoms with van der Waals surface area (Å²) in [4.78, 5) is 25.8. The summed E-state index contributed by atoms with van der Waals surface area (Å²) in [5.74, 6) is -1.93. The fraction of sp³-hybridized carbons (Fsp3) is 0.375. The van der Waals surface area contributed by atoms with E-state index < -0.39 is 34.8 Å². The van der Waals surface area contributed by atoms with E-state index in [4.69, 9.17) is 0 Å². The molecule has 2 aliphatic rings. The van der Waals surface area contributed by atoms with Gasteiger partial charge in [0.1, 0.15) is 23.4 Å². The molecule has 1 fully saturated rings. The summed E-state index contributed by atoms with van der Waals surface area (Å²) in [6.45, 7) is 0.771. The number of thioether (sulfide) groups is 1. The van der Waals surface area contributed by atoms with Gasteiger partial charge in [0.05, 0.1) is 16.2 Å². The maximum absolute atomic E-state index is 14.5. The van der Waals surface area contributed by atoms with Crippen LogP contribution in [-0.4, -0.2) is 35.4 Å². The minimum atomic E-state index is -1.38. The molecule has 3 heterocycles. The molecule has 4 rings (SSSR count). The van der Waals surface area contributed by atoms with E-state index in [1.54, 1.807) is 6.07 Å². The third kappa shape index (κ3) is 2.05. The van der Waals surface area contributed by atoms with Crippen molar-refractivity contribution in [1.29, 1.82) is 0 Å². The summed E-state index contributed by atoms with van der Waals surface area (Å²) < 4.78 is 29.2. The van der Waals surface area contributed by atoms with Crippen molar-refractivity contribution in [1.82, 2.24) is 4.57 Å². The number of rotatable bonds is 3. The smallest absolute Gasteiger partial charge is 0.342 e. The molecule has 2 aliphatic heterocycles. The third-order valence-corrected chi connectivity index (χ3v) is 5.79. The molecule has 0 radical (unpaired) electrons. The van der Waals surface area contributed by atoms with Crippen molar-refractivity contribution in [3.63, 3.8) is 0 Å². The summed E-state index contributed by atoms with van der Waals surface area (Å²) >= 11 is 1.03. The van der Waals surface area contributed by atoms with Crippen LogP contribution in [0.4, 0.5) is 14.5 Å². The topological polar surface area (TPSA) is 62.5 Å². The lowest BCUT2D eigenvalue weighted by molar-refractivity contribution is 0.0689. The molecule has 1 atom stereocenters. The fourth-order valence-corrected chi connectivity index (χ4v) is 4.54. The van der Waals surface area contributed by atoms with Crippen LogP contribution in [0, 0.1) is 5.82 Å². The van der Waals surface area contributed by atoms with Gasteiger partial charge in [0.25, 0.3) is 0 Å². The number of aromatic nitrogens is 1. The van der Waals surface area contributed by atoms with Crippen LogP contribution in [0.3, 0.4) is 0 Å². The monoisotopic (exact) mass is 352 g/mol. The summed E-state index contributed by atoms with van der Waals surface area (Å²) in [6, 6.07) is 2.64. The highest BCUT2D eigenvalue weighted by molar-refractivity contribution is 8.00. The quantitative estimate of drug-likeness (QED) is 0.920. The molecule has 1 aromatic carbocycles. The zero-order valence-corrected chi connectivity index (χ0v) is 13.4. The van der Waals surface area contributed by atoms with E-state index in [9.17, 15) is 23.5 Å². The van der Waals surface area contributed by atoms with Crippen LogP contribution in [0.25, 0.3) is 10.9 Å². The van der Waals surface area contributed by atoms with Crippen molar-refractivity contribution >= 4 is 34.3 Å². The zero-order chi connectivity index (χ0) is 17.0. The Hall–Kier alpha value is -2.09. The number of carboxylic acid groups (broad SMARTS) is 1. The molecular formula is C16H14F2N2O3S. The van der Waals surface area contributed by atoms with Crippen molar-refractivity contribution < 1.29 is 18.7 Å². The first kappa shape index (κ1) is 15.4. The van der Waals surface area contributed by atoms with Gasteiger partial charge in [0.2, 0.25) is 5.43 Å². The van der Waals surface area contributed by atoms with Gasteiger partial charge >= 0.3 is 5.97 Å². The predicted octanol–water partition coefficient (Wildman–Crippen LogP) is 3.01. The van der Waals surface area contributed by atoms with Gasteiger partial charge in [-0.15, -0.1) is 0 Å². The SMILES string of the molecule is O=C(O)c1c2n(c3cc(N4CCCC4)c(F)cc3c1=O)C(CF)S2. The summed E-state index contributed by atoms with van der Waals surface area (Å²) in [5.41, 5.74) is -0.359. The number of fused-ring (bicyclic) bond motifs is 3. The molecule has 1 unspecified atom stereocenters. The predicted molar refractivity (Wildman–Crippen MR) is 87.4 cm³/mol. The van der Waals surface area contributed by atoms with E-state index >= 15 is 0 Å². The van der Waals surface area contributed by atoms with E-state index in [0.29, 0.717) is 11.2 Å². The molecule has 0 bridgehead atoms. The largest absolute Gasteiger partial charge is 0.477 e. The normalized spacial score (nSPS) is 19.4. The molecule has 126 valence electrons. The molecule has 1 N–H and O–H groups in total. The summed E-state index contributed by atoms with van der Waals surface area (Å²) in [7, 11) is 0. The second-order valence-electron chi connectivity index (χ2n) is 5.93. The first-order valence-corrected chi connectivity index (χ1v) is 8.53. The molecule has 0 saturated carbocycles. The molecule has 5 nitrogen and oxygen atoms in total. The molecule has 2 aromatic rings. The standard InChI is InChI=1S/C16H14F2N2O3S/c17-7-12-20-10-6-11(19-3-1-2-4-19)9(18)5-8(10)14(21)13(16(22)23)15(20)24-12/h5-6,12H,1-4,7H2,(H,22,23). The van der Waals surface area contributed by atoms with Gasteiger partial charge in [-0.25, -0.2) is 13.6 Å². The first-order valence-electron chi connectivity index (χ1n) is 7.65. The number of carbonyl (C=O) groups is 1. The lowest BCUT2D eigenvalue weighted by Crippen LogP contribution is -2.30. The number of halogens is 2. The Morgan fingerprint density at radius 2 is 2.04 bits per heavy atom. The lowest BCUT2D eigenvalue weighted by atomic mass is 10.1. The van der Waals surface area contributed by atoms with Gasteiger partial charge in [-0.05, 0) is 25.0 Å². The number of anilines is 1. The number of hydrogen-bond acceptors (Lipinski definition) is 4. The van der Waals surface area contributed by atoms with Gasteiger partial charge in [0.15, 0.2) is 0 Å². The van der Waals surface area contributed by atoms with E-state index in [-0.39, 0.29) is 10.4 Å². The highest BCUT2D eigenvalue weighted by Crippen LogP contribution is 2.47. The molecule has 24 heavy (non-hydrogen) atoms. The van der Waals surface area contributed by atoms with Crippen molar-refractivity contribution in [2.24, 2.45) is 0 Å². The number of carboxylic acids is 1. The summed E-state index contributed by atoms with van der Waals surface area (Å²) in [6.07, 6.45) is 1.94. The van der Waals surface area contributed by atoms with Crippen molar-refractivity contribution in [2.75, 3.05) is 24.7 Å². The zero-order valence-electron chi connectivity index (χ0n) is 12.6. The third-order valence-electron chi connectivity index (χ3n) is 4.56. The molecular weight excluding hydrogens is 338 g/mol. The Morgan fingerprint density at radius 1 is 1.33 bits per heavy atom. The van der Waals surface area contributed by atoms with E-state index in [0.717, 1.165) is 43.8 Å². The van der Waals surface area contributed by atoms with E-state index in [1.165, 1.54) is 4.57 Å².